The number of hydrogen-bond acceptors (Lipinski definition) is 2. The van der Waals surface area contributed by atoms with Gasteiger partial charge < -0.3 is 10.1 Å². The lowest BCUT2D eigenvalue weighted by molar-refractivity contribution is 0.153. The van der Waals surface area contributed by atoms with Crippen molar-refractivity contribution in [2.24, 2.45) is 5.92 Å². The predicted octanol–water partition coefficient (Wildman–Crippen LogP) is 3.27. The minimum absolute atomic E-state index is 0.178. The molecule has 1 unspecified atom stereocenters. The smallest absolute Gasteiger partial charge is 0.0499 e. The quantitative estimate of drug-likeness (QED) is 0.763. The van der Waals surface area contributed by atoms with Crippen molar-refractivity contribution in [3.05, 3.63) is 35.9 Å². The van der Waals surface area contributed by atoms with E-state index in [0.717, 1.165) is 26.0 Å². The van der Waals surface area contributed by atoms with E-state index in [0.29, 0.717) is 5.92 Å². The largest absolute Gasteiger partial charge is 0.384 e. The van der Waals surface area contributed by atoms with Crippen molar-refractivity contribution in [1.29, 1.82) is 0 Å². The number of ether oxygens (including phenoxy) is 1. The van der Waals surface area contributed by atoms with Crippen molar-refractivity contribution in [2.45, 2.75) is 39.2 Å². The van der Waals surface area contributed by atoms with Crippen molar-refractivity contribution >= 4 is 0 Å². The molecule has 0 saturated carbocycles. The van der Waals surface area contributed by atoms with Gasteiger partial charge in [0.1, 0.15) is 0 Å². The summed E-state index contributed by atoms with van der Waals surface area (Å²) in [6.07, 6.45) is 2.27. The molecule has 0 aliphatic rings. The van der Waals surface area contributed by atoms with E-state index in [1.54, 1.807) is 7.11 Å². The van der Waals surface area contributed by atoms with E-state index >= 15 is 0 Å². The molecule has 0 heterocycles. The molecule has 1 atom stereocenters. The average molecular weight is 249 g/mol. The molecule has 0 spiro atoms. The standard InChI is InChI=1S/C16H27NO/c1-14(13-18-4)12-17-16(2,3)11-10-15-8-6-5-7-9-15/h5-9,14,17H,10-13H2,1-4H3. The van der Waals surface area contributed by atoms with Gasteiger partial charge in [0.05, 0.1) is 0 Å². The normalized spacial score (nSPS) is 13.6. The zero-order valence-electron chi connectivity index (χ0n) is 12.2. The number of nitrogens with one attached hydrogen (secondary N) is 1. The molecule has 1 aromatic rings. The zero-order chi connectivity index (χ0) is 13.4. The van der Waals surface area contributed by atoms with Crippen molar-refractivity contribution in [2.75, 3.05) is 20.3 Å². The van der Waals surface area contributed by atoms with Crippen LogP contribution in [-0.4, -0.2) is 25.8 Å². The van der Waals surface area contributed by atoms with E-state index in [1.807, 2.05) is 0 Å². The van der Waals surface area contributed by atoms with E-state index in [9.17, 15) is 0 Å². The van der Waals surface area contributed by atoms with Crippen molar-refractivity contribution < 1.29 is 4.74 Å². The fraction of sp³-hybridized carbons (Fsp3) is 0.625. The number of hydrogen-bond donors (Lipinski definition) is 1. The van der Waals surface area contributed by atoms with Crippen LogP contribution in [0.25, 0.3) is 0 Å². The third-order valence-electron chi connectivity index (χ3n) is 3.26. The summed E-state index contributed by atoms with van der Waals surface area (Å²) in [5, 5.41) is 3.63. The van der Waals surface area contributed by atoms with E-state index in [4.69, 9.17) is 4.74 Å². The molecule has 18 heavy (non-hydrogen) atoms. The van der Waals surface area contributed by atoms with Gasteiger partial charge in [-0.2, -0.15) is 0 Å². The van der Waals surface area contributed by atoms with Crippen LogP contribution < -0.4 is 5.32 Å². The van der Waals surface area contributed by atoms with Gasteiger partial charge in [0.2, 0.25) is 0 Å². The fourth-order valence-electron chi connectivity index (χ4n) is 1.98. The number of rotatable bonds is 8. The molecule has 0 aliphatic heterocycles. The van der Waals surface area contributed by atoms with Crippen LogP contribution in [0.2, 0.25) is 0 Å². The number of methoxy groups -OCH3 is 1. The first-order valence-electron chi connectivity index (χ1n) is 6.81. The minimum atomic E-state index is 0.178. The first-order chi connectivity index (χ1) is 8.53. The Kier molecular flexibility index (Phi) is 6.37. The Morgan fingerprint density at radius 1 is 1.22 bits per heavy atom. The van der Waals surface area contributed by atoms with Gasteiger partial charge in [0.15, 0.2) is 0 Å². The Bertz CT molecular complexity index is 321. The summed E-state index contributed by atoms with van der Waals surface area (Å²) in [6.45, 7) is 8.59. The minimum Gasteiger partial charge on any atom is -0.384 e. The highest BCUT2D eigenvalue weighted by Gasteiger charge is 2.17. The maximum absolute atomic E-state index is 5.16. The van der Waals surface area contributed by atoms with Crippen molar-refractivity contribution in [1.82, 2.24) is 5.32 Å². The summed E-state index contributed by atoms with van der Waals surface area (Å²) < 4.78 is 5.16. The highest BCUT2D eigenvalue weighted by Crippen LogP contribution is 2.14. The Hall–Kier alpha value is -0.860. The van der Waals surface area contributed by atoms with Gasteiger partial charge in [0, 0.05) is 25.8 Å². The summed E-state index contributed by atoms with van der Waals surface area (Å²) in [5.41, 5.74) is 1.59. The van der Waals surface area contributed by atoms with Gasteiger partial charge in [-0.3, -0.25) is 0 Å². The second-order valence-electron chi connectivity index (χ2n) is 5.81. The molecule has 1 aromatic carbocycles. The molecule has 0 bridgehead atoms. The van der Waals surface area contributed by atoms with E-state index in [1.165, 1.54) is 5.56 Å². The summed E-state index contributed by atoms with van der Waals surface area (Å²) in [7, 11) is 1.76. The Morgan fingerprint density at radius 2 is 1.89 bits per heavy atom. The molecule has 0 saturated heterocycles. The molecule has 0 fully saturated rings. The average Bonchev–Trinajstić information content (AvgIpc) is 2.36. The van der Waals surface area contributed by atoms with Crippen molar-refractivity contribution in [3.63, 3.8) is 0 Å². The highest BCUT2D eigenvalue weighted by molar-refractivity contribution is 5.15. The second kappa shape index (κ2) is 7.55. The van der Waals surface area contributed by atoms with Crippen LogP contribution in [0.3, 0.4) is 0 Å². The van der Waals surface area contributed by atoms with Gasteiger partial charge >= 0.3 is 0 Å². The first-order valence-corrected chi connectivity index (χ1v) is 6.81. The molecular weight excluding hydrogens is 222 g/mol. The molecular formula is C16H27NO. The second-order valence-corrected chi connectivity index (χ2v) is 5.81. The Morgan fingerprint density at radius 3 is 2.50 bits per heavy atom. The van der Waals surface area contributed by atoms with Crippen LogP contribution >= 0.6 is 0 Å². The van der Waals surface area contributed by atoms with E-state index in [-0.39, 0.29) is 5.54 Å². The highest BCUT2D eigenvalue weighted by atomic mass is 16.5. The number of aryl methyl sites for hydroxylation is 1. The van der Waals surface area contributed by atoms with E-state index in [2.05, 4.69) is 56.4 Å². The molecule has 0 amide bonds. The van der Waals surface area contributed by atoms with Crippen LogP contribution in [0.15, 0.2) is 30.3 Å². The van der Waals surface area contributed by atoms with Gasteiger partial charge in [0.25, 0.3) is 0 Å². The van der Waals surface area contributed by atoms with Gasteiger partial charge in [-0.05, 0) is 38.2 Å². The number of benzene rings is 1. The molecule has 1 N–H and O–H groups in total. The molecule has 1 rings (SSSR count). The maximum atomic E-state index is 5.16. The first kappa shape index (κ1) is 15.2. The summed E-state index contributed by atoms with van der Waals surface area (Å²) in [4.78, 5) is 0. The van der Waals surface area contributed by atoms with Gasteiger partial charge in [-0.15, -0.1) is 0 Å². The predicted molar refractivity (Wildman–Crippen MR) is 77.9 cm³/mol. The monoisotopic (exact) mass is 249 g/mol. The topological polar surface area (TPSA) is 21.3 Å². The third kappa shape index (κ3) is 6.18. The van der Waals surface area contributed by atoms with Crippen LogP contribution in [0.1, 0.15) is 32.8 Å². The summed E-state index contributed by atoms with van der Waals surface area (Å²) in [6, 6.07) is 10.7. The fourth-order valence-corrected chi connectivity index (χ4v) is 1.98. The molecule has 0 aliphatic carbocycles. The van der Waals surface area contributed by atoms with Crippen LogP contribution in [0, 0.1) is 5.92 Å². The Balaban J connectivity index is 2.31. The molecule has 102 valence electrons. The summed E-state index contributed by atoms with van der Waals surface area (Å²) in [5.74, 6) is 0.561. The Labute approximate surface area is 112 Å². The maximum Gasteiger partial charge on any atom is 0.0499 e. The molecule has 2 nitrogen and oxygen atoms in total. The SMILES string of the molecule is COCC(C)CNC(C)(C)CCc1ccccc1. The lowest BCUT2D eigenvalue weighted by Gasteiger charge is -2.28. The summed E-state index contributed by atoms with van der Waals surface area (Å²) >= 11 is 0. The van der Waals surface area contributed by atoms with Crippen LogP contribution in [0.4, 0.5) is 0 Å². The van der Waals surface area contributed by atoms with Gasteiger partial charge in [-0.1, -0.05) is 37.3 Å². The lowest BCUT2D eigenvalue weighted by Crippen LogP contribution is -2.42. The third-order valence-corrected chi connectivity index (χ3v) is 3.26. The van der Waals surface area contributed by atoms with Crippen molar-refractivity contribution in [3.8, 4) is 0 Å². The lowest BCUT2D eigenvalue weighted by atomic mass is 9.94. The van der Waals surface area contributed by atoms with Gasteiger partial charge in [-0.25, -0.2) is 0 Å². The molecule has 0 radical (unpaired) electrons. The van der Waals surface area contributed by atoms with E-state index < -0.39 is 0 Å². The zero-order valence-corrected chi connectivity index (χ0v) is 12.2. The molecule has 0 aromatic heterocycles. The molecule has 2 heteroatoms. The van der Waals surface area contributed by atoms with Crippen LogP contribution in [-0.2, 0) is 11.2 Å². The van der Waals surface area contributed by atoms with Crippen LogP contribution in [0.5, 0.6) is 0 Å².